The second kappa shape index (κ2) is 35.3. The molecule has 0 bridgehead atoms. The topological polar surface area (TPSA) is 55.8 Å². The van der Waals surface area contributed by atoms with Gasteiger partial charge in [-0.05, 0) is 32.1 Å². The van der Waals surface area contributed by atoms with E-state index in [2.05, 4.69) is 26.0 Å². The number of unbranched alkanes of at least 4 members (excludes halogenated alkanes) is 24. The van der Waals surface area contributed by atoms with Gasteiger partial charge >= 0.3 is 5.97 Å². The highest BCUT2D eigenvalue weighted by molar-refractivity contribution is 5.69. The van der Waals surface area contributed by atoms with Crippen molar-refractivity contribution >= 4 is 5.97 Å². The summed E-state index contributed by atoms with van der Waals surface area (Å²) in [5.74, 6) is -0.200. The molecule has 1 unspecified atom stereocenters. The lowest BCUT2D eigenvalue weighted by Gasteiger charge is -2.15. The molecule has 0 fully saturated rings. The van der Waals surface area contributed by atoms with Crippen LogP contribution in [-0.2, 0) is 14.3 Å². The van der Waals surface area contributed by atoms with E-state index in [0.717, 1.165) is 19.3 Å². The van der Waals surface area contributed by atoms with Crippen molar-refractivity contribution in [3.63, 3.8) is 0 Å². The number of aliphatic hydroxyl groups excluding tert-OH is 1. The molecule has 41 heavy (non-hydrogen) atoms. The van der Waals surface area contributed by atoms with Crippen LogP contribution in [0, 0.1) is 0 Å². The molecule has 0 aliphatic rings. The number of carbonyl (C=O) groups is 1. The van der Waals surface area contributed by atoms with Crippen LogP contribution in [0.2, 0.25) is 0 Å². The Bertz CT molecular complexity index is 533. The van der Waals surface area contributed by atoms with Gasteiger partial charge in [0.1, 0.15) is 6.10 Å². The average Bonchev–Trinajstić information content (AvgIpc) is 2.98. The van der Waals surface area contributed by atoms with Crippen LogP contribution in [0.1, 0.15) is 194 Å². The van der Waals surface area contributed by atoms with E-state index < -0.39 is 6.10 Å². The lowest BCUT2D eigenvalue weighted by Crippen LogP contribution is -2.27. The minimum absolute atomic E-state index is 0.169. The molecule has 0 spiro atoms. The van der Waals surface area contributed by atoms with Crippen LogP contribution in [-0.4, -0.2) is 37.0 Å². The van der Waals surface area contributed by atoms with Gasteiger partial charge in [0.15, 0.2) is 0 Å². The van der Waals surface area contributed by atoms with Gasteiger partial charge in [0.05, 0.1) is 13.2 Å². The Hall–Kier alpha value is -0.870. The predicted octanol–water partition coefficient (Wildman–Crippen LogP) is 11.4. The number of hydrogen-bond donors (Lipinski definition) is 1. The summed E-state index contributed by atoms with van der Waals surface area (Å²) in [7, 11) is 0. The maximum absolute atomic E-state index is 12.1. The standard InChI is InChI=1S/C37H72O4/c1-3-5-7-9-11-13-15-17-18-19-20-21-22-24-26-28-30-32-37(39)41-36(34-38)35-40-33-31-29-27-25-23-16-14-12-10-8-6-4-2/h10,12,36,38H,3-9,11,13-35H2,1-2H3/b12-10-. The lowest BCUT2D eigenvalue weighted by atomic mass is 10.0. The Morgan fingerprint density at radius 1 is 0.561 bits per heavy atom. The molecule has 0 aromatic carbocycles. The summed E-state index contributed by atoms with van der Waals surface area (Å²) in [6.07, 6.45) is 39.6. The van der Waals surface area contributed by atoms with Gasteiger partial charge in [0.25, 0.3) is 0 Å². The van der Waals surface area contributed by atoms with E-state index in [-0.39, 0.29) is 12.6 Å². The second-order valence-electron chi connectivity index (χ2n) is 12.3. The molecule has 0 amide bonds. The zero-order valence-electron chi connectivity index (χ0n) is 27.8. The van der Waals surface area contributed by atoms with Crippen LogP contribution in [0.3, 0.4) is 0 Å². The number of carbonyl (C=O) groups excluding carboxylic acids is 1. The number of rotatable bonds is 34. The summed E-state index contributed by atoms with van der Waals surface area (Å²) in [5, 5.41) is 9.54. The van der Waals surface area contributed by atoms with Crippen molar-refractivity contribution in [3.8, 4) is 0 Å². The number of aliphatic hydroxyl groups is 1. The van der Waals surface area contributed by atoms with E-state index in [1.165, 1.54) is 154 Å². The third-order valence-electron chi connectivity index (χ3n) is 8.09. The van der Waals surface area contributed by atoms with Gasteiger partial charge in [-0.15, -0.1) is 0 Å². The molecule has 0 aliphatic heterocycles. The first kappa shape index (κ1) is 40.1. The van der Waals surface area contributed by atoms with Gasteiger partial charge < -0.3 is 14.6 Å². The molecule has 1 atom stereocenters. The van der Waals surface area contributed by atoms with Gasteiger partial charge in [-0.1, -0.05) is 167 Å². The van der Waals surface area contributed by atoms with Crippen molar-refractivity contribution in [2.75, 3.05) is 19.8 Å². The van der Waals surface area contributed by atoms with E-state index >= 15 is 0 Å². The third kappa shape index (κ3) is 33.5. The highest BCUT2D eigenvalue weighted by Crippen LogP contribution is 2.15. The maximum atomic E-state index is 12.1. The molecule has 1 N–H and O–H groups in total. The fraction of sp³-hybridized carbons (Fsp3) is 0.919. The van der Waals surface area contributed by atoms with Crippen molar-refractivity contribution < 1.29 is 19.4 Å². The van der Waals surface area contributed by atoms with Crippen molar-refractivity contribution in [2.45, 2.75) is 200 Å². The minimum Gasteiger partial charge on any atom is -0.457 e. The molecule has 4 heteroatoms. The first-order valence-corrected chi connectivity index (χ1v) is 18.3. The largest absolute Gasteiger partial charge is 0.457 e. The summed E-state index contributed by atoms with van der Waals surface area (Å²) in [6.45, 7) is 5.32. The Morgan fingerprint density at radius 3 is 1.46 bits per heavy atom. The molecule has 0 radical (unpaired) electrons. The van der Waals surface area contributed by atoms with E-state index in [4.69, 9.17) is 9.47 Å². The normalized spacial score (nSPS) is 12.4. The Kier molecular flexibility index (Phi) is 34.6. The monoisotopic (exact) mass is 581 g/mol. The molecule has 4 nitrogen and oxygen atoms in total. The average molecular weight is 581 g/mol. The molecule has 0 aromatic heterocycles. The van der Waals surface area contributed by atoms with Crippen molar-refractivity contribution in [1.29, 1.82) is 0 Å². The maximum Gasteiger partial charge on any atom is 0.306 e. The molecular formula is C37H72O4. The van der Waals surface area contributed by atoms with Crippen LogP contribution < -0.4 is 0 Å². The number of allylic oxidation sites excluding steroid dienone is 2. The molecular weight excluding hydrogens is 508 g/mol. The Balaban J connectivity index is 3.40. The predicted molar refractivity (Wildman–Crippen MR) is 178 cm³/mol. The van der Waals surface area contributed by atoms with Gasteiger partial charge in [-0.25, -0.2) is 0 Å². The van der Waals surface area contributed by atoms with Crippen LogP contribution in [0.5, 0.6) is 0 Å². The van der Waals surface area contributed by atoms with Crippen molar-refractivity contribution in [3.05, 3.63) is 12.2 Å². The molecule has 0 aliphatic carbocycles. The summed E-state index contributed by atoms with van der Waals surface area (Å²) in [5.41, 5.74) is 0. The first-order chi connectivity index (χ1) is 20.2. The summed E-state index contributed by atoms with van der Waals surface area (Å²) in [6, 6.07) is 0. The molecule has 0 aromatic rings. The molecule has 0 rings (SSSR count). The quantitative estimate of drug-likeness (QED) is 0.0467. The van der Waals surface area contributed by atoms with Gasteiger partial charge in [0.2, 0.25) is 0 Å². The molecule has 0 heterocycles. The van der Waals surface area contributed by atoms with Crippen LogP contribution in [0.15, 0.2) is 12.2 Å². The van der Waals surface area contributed by atoms with E-state index in [1.807, 2.05) is 0 Å². The van der Waals surface area contributed by atoms with Crippen LogP contribution in [0.25, 0.3) is 0 Å². The minimum atomic E-state index is -0.529. The Morgan fingerprint density at radius 2 is 0.976 bits per heavy atom. The van der Waals surface area contributed by atoms with Crippen molar-refractivity contribution in [2.24, 2.45) is 0 Å². The van der Waals surface area contributed by atoms with E-state index in [0.29, 0.717) is 19.6 Å². The lowest BCUT2D eigenvalue weighted by molar-refractivity contribution is -0.154. The number of hydrogen-bond acceptors (Lipinski definition) is 4. The highest BCUT2D eigenvalue weighted by Gasteiger charge is 2.13. The molecule has 244 valence electrons. The SMILES string of the molecule is CCCC/C=C\CCCCCCCCOCC(CO)OC(=O)CCCCCCCCCCCCCCCCCCC. The highest BCUT2D eigenvalue weighted by atomic mass is 16.6. The van der Waals surface area contributed by atoms with Crippen LogP contribution >= 0.6 is 0 Å². The van der Waals surface area contributed by atoms with E-state index in [9.17, 15) is 9.90 Å². The van der Waals surface area contributed by atoms with Gasteiger partial charge in [-0.3, -0.25) is 4.79 Å². The Labute approximate surface area is 256 Å². The van der Waals surface area contributed by atoms with Gasteiger partial charge in [-0.2, -0.15) is 0 Å². The third-order valence-corrected chi connectivity index (χ3v) is 8.09. The second-order valence-corrected chi connectivity index (χ2v) is 12.3. The molecule has 0 saturated heterocycles. The summed E-state index contributed by atoms with van der Waals surface area (Å²) >= 11 is 0. The fourth-order valence-electron chi connectivity index (χ4n) is 5.31. The molecule has 0 saturated carbocycles. The zero-order valence-corrected chi connectivity index (χ0v) is 27.8. The fourth-order valence-corrected chi connectivity index (χ4v) is 5.31. The summed E-state index contributed by atoms with van der Waals surface area (Å²) < 4.78 is 11.1. The first-order valence-electron chi connectivity index (χ1n) is 18.3. The number of esters is 1. The van der Waals surface area contributed by atoms with E-state index in [1.54, 1.807) is 0 Å². The summed E-state index contributed by atoms with van der Waals surface area (Å²) in [4.78, 5) is 12.1. The smallest absolute Gasteiger partial charge is 0.306 e. The number of ether oxygens (including phenoxy) is 2. The van der Waals surface area contributed by atoms with Crippen molar-refractivity contribution in [1.82, 2.24) is 0 Å². The van der Waals surface area contributed by atoms with Gasteiger partial charge in [0, 0.05) is 13.0 Å². The van der Waals surface area contributed by atoms with Crippen LogP contribution in [0.4, 0.5) is 0 Å². The zero-order chi connectivity index (χ0) is 29.9.